The minimum Gasteiger partial charge on any atom is -0.478 e. The average Bonchev–Trinajstić information content (AvgIpc) is 3.35. The van der Waals surface area contributed by atoms with E-state index in [1.54, 1.807) is 17.1 Å². The first kappa shape index (κ1) is 21.2. The van der Waals surface area contributed by atoms with Crippen molar-refractivity contribution < 1.29 is 9.90 Å². The summed E-state index contributed by atoms with van der Waals surface area (Å²) in [4.78, 5) is 16.4. The molecule has 0 saturated carbocycles. The zero-order chi connectivity index (χ0) is 22.3. The van der Waals surface area contributed by atoms with Crippen LogP contribution in [0.1, 0.15) is 51.9 Å². The van der Waals surface area contributed by atoms with Crippen LogP contribution < -0.4 is 0 Å². The van der Waals surface area contributed by atoms with E-state index in [2.05, 4.69) is 17.0 Å². The number of carboxylic acids is 1. The third kappa shape index (κ3) is 4.67. The number of allylic oxidation sites excluding steroid dienone is 1. The number of aromatic nitrogens is 3. The van der Waals surface area contributed by atoms with Crippen LogP contribution in [-0.4, -0.2) is 25.8 Å². The Labute approximate surface area is 187 Å². The van der Waals surface area contributed by atoms with Gasteiger partial charge in [0.15, 0.2) is 0 Å². The van der Waals surface area contributed by atoms with Gasteiger partial charge in [-0.15, -0.1) is 0 Å². The molecule has 0 saturated heterocycles. The maximum atomic E-state index is 12.2. The number of aromatic carboxylic acids is 1. The highest BCUT2D eigenvalue weighted by molar-refractivity contribution is 5.91. The van der Waals surface area contributed by atoms with Gasteiger partial charge in [-0.1, -0.05) is 86.1 Å². The molecule has 32 heavy (non-hydrogen) atoms. The molecular weight excluding hydrogens is 398 g/mol. The van der Waals surface area contributed by atoms with Crippen molar-refractivity contribution in [1.82, 2.24) is 14.8 Å². The lowest BCUT2D eigenvalue weighted by Crippen LogP contribution is -2.15. The van der Waals surface area contributed by atoms with Crippen molar-refractivity contribution in [3.8, 4) is 0 Å². The number of benzene rings is 3. The molecule has 1 atom stereocenters. The van der Waals surface area contributed by atoms with Crippen LogP contribution >= 0.6 is 0 Å². The van der Waals surface area contributed by atoms with Gasteiger partial charge in [-0.2, -0.15) is 5.10 Å². The Morgan fingerprint density at radius 3 is 2.38 bits per heavy atom. The predicted molar refractivity (Wildman–Crippen MR) is 126 cm³/mol. The van der Waals surface area contributed by atoms with Gasteiger partial charge in [0.2, 0.25) is 0 Å². The summed E-state index contributed by atoms with van der Waals surface area (Å²) in [6.45, 7) is 2.12. The molecule has 4 rings (SSSR count). The van der Waals surface area contributed by atoms with Gasteiger partial charge in [0.1, 0.15) is 12.7 Å². The summed E-state index contributed by atoms with van der Waals surface area (Å²) >= 11 is 0. The Kier molecular flexibility index (Phi) is 6.56. The van der Waals surface area contributed by atoms with Crippen LogP contribution in [-0.2, 0) is 6.42 Å². The topological polar surface area (TPSA) is 68.0 Å². The molecule has 0 aliphatic heterocycles. The number of rotatable bonds is 8. The molecule has 1 N–H and O–H groups in total. The normalized spacial score (nSPS) is 12.5. The number of nitrogens with zero attached hydrogens (tertiary/aromatic N) is 3. The van der Waals surface area contributed by atoms with Crippen molar-refractivity contribution in [2.24, 2.45) is 0 Å². The smallest absolute Gasteiger partial charge is 0.335 e. The van der Waals surface area contributed by atoms with Crippen LogP contribution in [0, 0.1) is 0 Å². The van der Waals surface area contributed by atoms with Gasteiger partial charge in [0.25, 0.3) is 0 Å². The van der Waals surface area contributed by atoms with Crippen LogP contribution in [0.3, 0.4) is 0 Å². The van der Waals surface area contributed by atoms with Gasteiger partial charge < -0.3 is 5.11 Å². The summed E-state index contributed by atoms with van der Waals surface area (Å²) in [6.07, 6.45) is 7.06. The Morgan fingerprint density at radius 2 is 1.75 bits per heavy atom. The molecule has 4 aromatic rings. The molecule has 1 heterocycles. The second kappa shape index (κ2) is 9.88. The third-order valence-electron chi connectivity index (χ3n) is 5.42. The van der Waals surface area contributed by atoms with Crippen molar-refractivity contribution >= 4 is 17.7 Å². The van der Waals surface area contributed by atoms with Gasteiger partial charge in [-0.3, -0.25) is 0 Å². The summed E-state index contributed by atoms with van der Waals surface area (Å²) in [7, 11) is 0. The molecule has 0 aliphatic rings. The Hall–Kier alpha value is -3.99. The molecule has 0 radical (unpaired) electrons. The standard InChI is InChI=1S/C27H25N3O2/c1-2-9-20-14-15-23(27(31)32)24(16-20)26(22-12-7-4-8-13-22)25(30-19-28-18-29-30)17-21-10-5-3-6-11-21/h3-8,10-19,26H,2,9H2,1H3,(H,31,32)/b25-17+. The molecule has 5 nitrogen and oxygen atoms in total. The molecular formula is C27H25N3O2. The van der Waals surface area contributed by atoms with Crippen LogP contribution in [0.4, 0.5) is 0 Å². The van der Waals surface area contributed by atoms with Gasteiger partial charge in [-0.05, 0) is 40.8 Å². The summed E-state index contributed by atoms with van der Waals surface area (Å²) in [5, 5.41) is 14.4. The van der Waals surface area contributed by atoms with E-state index < -0.39 is 5.97 Å². The molecule has 0 aliphatic carbocycles. The minimum absolute atomic E-state index is 0.290. The monoisotopic (exact) mass is 423 g/mol. The molecule has 3 aromatic carbocycles. The van der Waals surface area contributed by atoms with E-state index in [0.717, 1.165) is 40.8 Å². The number of aryl methyl sites for hydroxylation is 1. The number of hydrogen-bond donors (Lipinski definition) is 1. The van der Waals surface area contributed by atoms with E-state index in [4.69, 9.17) is 0 Å². The fraction of sp³-hybridized carbons (Fsp3) is 0.148. The van der Waals surface area contributed by atoms with Crippen molar-refractivity contribution in [2.75, 3.05) is 0 Å². The molecule has 1 aromatic heterocycles. The van der Waals surface area contributed by atoms with E-state index in [9.17, 15) is 9.90 Å². The number of carboxylic acid groups (broad SMARTS) is 1. The highest BCUT2D eigenvalue weighted by Gasteiger charge is 2.26. The fourth-order valence-corrected chi connectivity index (χ4v) is 3.99. The van der Waals surface area contributed by atoms with Crippen LogP contribution in [0.25, 0.3) is 11.8 Å². The Morgan fingerprint density at radius 1 is 1.03 bits per heavy atom. The van der Waals surface area contributed by atoms with E-state index in [0.29, 0.717) is 0 Å². The maximum absolute atomic E-state index is 12.2. The van der Waals surface area contributed by atoms with Gasteiger partial charge in [0.05, 0.1) is 17.2 Å². The van der Waals surface area contributed by atoms with Crippen molar-refractivity contribution in [2.45, 2.75) is 25.7 Å². The van der Waals surface area contributed by atoms with Gasteiger partial charge in [-0.25, -0.2) is 14.5 Å². The summed E-state index contributed by atoms with van der Waals surface area (Å²) < 4.78 is 1.72. The van der Waals surface area contributed by atoms with Crippen molar-refractivity contribution in [1.29, 1.82) is 0 Å². The summed E-state index contributed by atoms with van der Waals surface area (Å²) in [6, 6.07) is 25.6. The second-order valence-electron chi connectivity index (χ2n) is 7.64. The van der Waals surface area contributed by atoms with Crippen LogP contribution in [0.2, 0.25) is 0 Å². The second-order valence-corrected chi connectivity index (χ2v) is 7.64. The lowest BCUT2D eigenvalue weighted by molar-refractivity contribution is 0.0695. The summed E-state index contributed by atoms with van der Waals surface area (Å²) in [5.74, 6) is -1.29. The zero-order valence-corrected chi connectivity index (χ0v) is 17.9. The van der Waals surface area contributed by atoms with Crippen LogP contribution in [0.15, 0.2) is 91.5 Å². The van der Waals surface area contributed by atoms with Gasteiger partial charge >= 0.3 is 5.97 Å². The molecule has 0 bridgehead atoms. The van der Waals surface area contributed by atoms with Crippen LogP contribution in [0.5, 0.6) is 0 Å². The Bertz CT molecular complexity index is 1200. The van der Waals surface area contributed by atoms with E-state index >= 15 is 0 Å². The van der Waals surface area contributed by atoms with Crippen molar-refractivity contribution in [3.63, 3.8) is 0 Å². The zero-order valence-electron chi connectivity index (χ0n) is 17.9. The highest BCUT2D eigenvalue weighted by atomic mass is 16.4. The molecule has 1 unspecified atom stereocenters. The first-order chi connectivity index (χ1) is 15.7. The number of hydrogen-bond acceptors (Lipinski definition) is 3. The SMILES string of the molecule is CCCc1ccc(C(=O)O)c(C(/C(=C\c2ccccc2)n2cncn2)c2ccccc2)c1. The first-order valence-corrected chi connectivity index (χ1v) is 10.7. The minimum atomic E-state index is -0.943. The third-order valence-corrected chi connectivity index (χ3v) is 5.42. The quantitative estimate of drug-likeness (QED) is 0.391. The molecule has 0 amide bonds. The molecule has 160 valence electrons. The average molecular weight is 424 g/mol. The fourth-order valence-electron chi connectivity index (χ4n) is 3.99. The molecule has 0 fully saturated rings. The van der Waals surface area contributed by atoms with Gasteiger partial charge in [0, 0.05) is 0 Å². The Balaban J connectivity index is 2.00. The summed E-state index contributed by atoms with van der Waals surface area (Å²) in [5.41, 5.74) is 4.97. The highest BCUT2D eigenvalue weighted by Crippen LogP contribution is 2.38. The predicted octanol–water partition coefficient (Wildman–Crippen LogP) is 5.76. The molecule has 0 spiro atoms. The maximum Gasteiger partial charge on any atom is 0.335 e. The first-order valence-electron chi connectivity index (χ1n) is 10.7. The van der Waals surface area contributed by atoms with E-state index in [-0.39, 0.29) is 11.5 Å². The lowest BCUT2D eigenvalue weighted by Gasteiger charge is -2.24. The van der Waals surface area contributed by atoms with E-state index in [1.807, 2.05) is 78.9 Å². The van der Waals surface area contributed by atoms with E-state index in [1.165, 1.54) is 6.33 Å². The van der Waals surface area contributed by atoms with Crippen molar-refractivity contribution in [3.05, 3.63) is 119 Å². The molecule has 5 heteroatoms. The lowest BCUT2D eigenvalue weighted by atomic mass is 9.83. The number of carbonyl (C=O) groups is 1. The largest absolute Gasteiger partial charge is 0.478 e.